The van der Waals surface area contributed by atoms with Crippen molar-refractivity contribution < 1.29 is 23.9 Å². The number of rotatable bonds is 6. The van der Waals surface area contributed by atoms with Gasteiger partial charge in [0.25, 0.3) is 5.91 Å². The summed E-state index contributed by atoms with van der Waals surface area (Å²) in [6.45, 7) is 2.95. The van der Waals surface area contributed by atoms with E-state index in [0.29, 0.717) is 36.5 Å². The zero-order valence-corrected chi connectivity index (χ0v) is 20.3. The molecule has 0 bridgehead atoms. The van der Waals surface area contributed by atoms with Gasteiger partial charge in [0.15, 0.2) is 5.69 Å². The second-order valence-corrected chi connectivity index (χ2v) is 8.84. The van der Waals surface area contributed by atoms with Gasteiger partial charge in [-0.2, -0.15) is 5.10 Å². The second-order valence-electron chi connectivity index (χ2n) is 8.84. The number of aromatic nitrogens is 2. The van der Waals surface area contributed by atoms with Crippen molar-refractivity contribution in [1.82, 2.24) is 10.2 Å². The van der Waals surface area contributed by atoms with E-state index < -0.39 is 5.97 Å². The van der Waals surface area contributed by atoms with Gasteiger partial charge in [0.1, 0.15) is 11.4 Å². The predicted octanol–water partition coefficient (Wildman–Crippen LogP) is 3.90. The molecule has 9 heteroatoms. The average molecular weight is 489 g/mol. The van der Waals surface area contributed by atoms with Gasteiger partial charge >= 0.3 is 5.97 Å². The first-order valence-corrected chi connectivity index (χ1v) is 12.1. The molecule has 0 aliphatic carbocycles. The van der Waals surface area contributed by atoms with Crippen LogP contribution in [0, 0.1) is 0 Å². The summed E-state index contributed by atoms with van der Waals surface area (Å²) in [4.78, 5) is 42.0. The molecule has 3 aromatic rings. The number of nitrogens with zero attached hydrogens (tertiary/aromatic N) is 3. The van der Waals surface area contributed by atoms with Gasteiger partial charge in [0, 0.05) is 42.4 Å². The van der Waals surface area contributed by atoms with Crippen molar-refractivity contribution in [3.63, 3.8) is 0 Å². The number of methoxy groups -OCH3 is 1. The molecule has 3 heterocycles. The second kappa shape index (κ2) is 9.85. The number of nitrogens with one attached hydrogen (secondary N) is 1. The predicted molar refractivity (Wildman–Crippen MR) is 134 cm³/mol. The largest absolute Gasteiger partial charge is 0.497 e. The Morgan fingerprint density at radius 2 is 1.72 bits per heavy atom. The third kappa shape index (κ3) is 4.21. The van der Waals surface area contributed by atoms with E-state index in [-0.39, 0.29) is 35.7 Å². The molecule has 1 N–H and O–H groups in total. The molecule has 2 aliphatic heterocycles. The molecule has 2 aliphatic rings. The normalized spacial score (nSPS) is 17.7. The number of hydrogen-bond acceptors (Lipinski definition) is 6. The van der Waals surface area contributed by atoms with Gasteiger partial charge in [-0.15, -0.1) is 0 Å². The number of benzene rings is 2. The van der Waals surface area contributed by atoms with Crippen molar-refractivity contribution in [2.75, 3.05) is 36.6 Å². The Labute approximate surface area is 209 Å². The van der Waals surface area contributed by atoms with E-state index in [1.54, 1.807) is 23.8 Å². The van der Waals surface area contributed by atoms with Crippen molar-refractivity contribution in [3.05, 3.63) is 71.0 Å². The number of amides is 2. The van der Waals surface area contributed by atoms with Crippen LogP contribution < -0.4 is 14.5 Å². The number of H-pyrrole nitrogens is 1. The molecule has 1 aromatic heterocycles. The average Bonchev–Trinajstić information content (AvgIpc) is 3.36. The van der Waals surface area contributed by atoms with E-state index in [4.69, 9.17) is 9.47 Å². The molecule has 1 unspecified atom stereocenters. The van der Waals surface area contributed by atoms with Gasteiger partial charge in [-0.05, 0) is 61.7 Å². The van der Waals surface area contributed by atoms with Crippen molar-refractivity contribution in [1.29, 1.82) is 0 Å². The van der Waals surface area contributed by atoms with Crippen LogP contribution in [0.4, 0.5) is 11.4 Å². The summed E-state index contributed by atoms with van der Waals surface area (Å²) in [6, 6.07) is 15.0. The van der Waals surface area contributed by atoms with Crippen LogP contribution in [-0.4, -0.2) is 54.8 Å². The third-order valence-corrected chi connectivity index (χ3v) is 6.76. The molecule has 1 fully saturated rings. The monoisotopic (exact) mass is 488 g/mol. The lowest BCUT2D eigenvalue weighted by molar-refractivity contribution is -0.119. The Hall–Kier alpha value is -4.14. The minimum Gasteiger partial charge on any atom is -0.497 e. The van der Waals surface area contributed by atoms with Crippen molar-refractivity contribution in [3.8, 4) is 5.75 Å². The van der Waals surface area contributed by atoms with Gasteiger partial charge in [0.05, 0.1) is 13.7 Å². The Morgan fingerprint density at radius 3 is 2.36 bits per heavy atom. The number of hydrogen-bond donors (Lipinski definition) is 1. The third-order valence-electron chi connectivity index (χ3n) is 6.76. The molecule has 0 radical (unpaired) electrons. The first-order chi connectivity index (χ1) is 17.5. The number of fused-ring (bicyclic) bond motifs is 1. The van der Waals surface area contributed by atoms with E-state index in [1.807, 2.05) is 48.5 Å². The minimum atomic E-state index is -0.565. The molecule has 5 rings (SSSR count). The summed E-state index contributed by atoms with van der Waals surface area (Å²) in [6.07, 6.45) is 2.46. The van der Waals surface area contributed by atoms with Crippen molar-refractivity contribution in [2.45, 2.75) is 32.1 Å². The molecule has 1 saturated heterocycles. The molecule has 2 aromatic carbocycles. The minimum absolute atomic E-state index is 0.121. The molecule has 0 spiro atoms. The van der Waals surface area contributed by atoms with Gasteiger partial charge < -0.3 is 19.3 Å². The van der Waals surface area contributed by atoms with E-state index in [9.17, 15) is 14.4 Å². The fraction of sp³-hybridized carbons (Fsp3) is 0.333. The molecule has 2 amide bonds. The molecule has 1 atom stereocenters. The lowest BCUT2D eigenvalue weighted by Crippen LogP contribution is -2.41. The topological polar surface area (TPSA) is 105 Å². The maximum Gasteiger partial charge on any atom is 0.359 e. The Balaban J connectivity index is 1.52. The van der Waals surface area contributed by atoms with Gasteiger partial charge in [-0.1, -0.05) is 12.1 Å². The van der Waals surface area contributed by atoms with Crippen molar-refractivity contribution >= 4 is 29.2 Å². The van der Waals surface area contributed by atoms with E-state index >= 15 is 0 Å². The summed E-state index contributed by atoms with van der Waals surface area (Å²) < 4.78 is 10.5. The van der Waals surface area contributed by atoms with Crippen LogP contribution in [0.15, 0.2) is 48.5 Å². The summed E-state index contributed by atoms with van der Waals surface area (Å²) in [5.74, 6) is -0.324. The Bertz CT molecular complexity index is 1280. The smallest absolute Gasteiger partial charge is 0.359 e. The summed E-state index contributed by atoms with van der Waals surface area (Å²) >= 11 is 0. The fourth-order valence-electron chi connectivity index (χ4n) is 4.92. The molecule has 9 nitrogen and oxygen atoms in total. The lowest BCUT2D eigenvalue weighted by atomic mass is 9.85. The highest BCUT2D eigenvalue weighted by Gasteiger charge is 2.39. The maximum absolute atomic E-state index is 13.5. The highest BCUT2D eigenvalue weighted by atomic mass is 16.5. The quantitative estimate of drug-likeness (QED) is 0.528. The van der Waals surface area contributed by atoms with Crippen LogP contribution >= 0.6 is 0 Å². The van der Waals surface area contributed by atoms with Crippen LogP contribution in [0.1, 0.15) is 64.2 Å². The van der Waals surface area contributed by atoms with Gasteiger partial charge in [-0.3, -0.25) is 14.7 Å². The Morgan fingerprint density at radius 1 is 1.03 bits per heavy atom. The standard InChI is InChI=1S/C27H28N4O5/c1-3-36-27(34)25-23-21(17-7-13-20(35-2)14-8-17)16-31(26(33)24(23)28-29-25)19-11-9-18(10-12-19)30-15-5-4-6-22(30)32/h7-14,21H,3-6,15-16H2,1-2H3,(H,28,29). The zero-order valence-electron chi connectivity index (χ0n) is 20.3. The van der Waals surface area contributed by atoms with Crippen LogP contribution in [0.3, 0.4) is 0 Å². The maximum atomic E-state index is 13.5. The van der Waals surface area contributed by atoms with Crippen LogP contribution in [0.5, 0.6) is 5.75 Å². The highest BCUT2D eigenvalue weighted by Crippen LogP contribution is 2.38. The first kappa shape index (κ1) is 23.6. The number of carbonyl (C=O) groups excluding carboxylic acids is 3. The number of anilines is 2. The van der Waals surface area contributed by atoms with Crippen LogP contribution in [0.25, 0.3) is 0 Å². The summed E-state index contributed by atoms with van der Waals surface area (Å²) in [5.41, 5.74) is 3.36. The number of aromatic amines is 1. The number of piperidine rings is 1. The van der Waals surface area contributed by atoms with Gasteiger partial charge in [0.2, 0.25) is 5.91 Å². The molecule has 186 valence electrons. The molecule has 36 heavy (non-hydrogen) atoms. The van der Waals surface area contributed by atoms with Crippen LogP contribution in [-0.2, 0) is 9.53 Å². The van der Waals surface area contributed by atoms with Crippen LogP contribution in [0.2, 0.25) is 0 Å². The van der Waals surface area contributed by atoms with E-state index in [1.165, 1.54) is 0 Å². The van der Waals surface area contributed by atoms with E-state index in [0.717, 1.165) is 24.1 Å². The highest BCUT2D eigenvalue weighted by molar-refractivity contribution is 6.09. The number of esters is 1. The summed E-state index contributed by atoms with van der Waals surface area (Å²) in [5, 5.41) is 6.96. The zero-order chi connectivity index (χ0) is 25.2. The number of ether oxygens (including phenoxy) is 2. The van der Waals surface area contributed by atoms with E-state index in [2.05, 4.69) is 10.2 Å². The Kier molecular flexibility index (Phi) is 6.45. The number of carbonyl (C=O) groups is 3. The SMILES string of the molecule is CCOC(=O)c1n[nH]c2c1C(c1ccc(OC)cc1)CN(c1ccc(N3CCCCC3=O)cc1)C2=O. The molecular weight excluding hydrogens is 460 g/mol. The fourth-order valence-corrected chi connectivity index (χ4v) is 4.92. The van der Waals surface area contributed by atoms with Gasteiger partial charge in [-0.25, -0.2) is 4.79 Å². The lowest BCUT2D eigenvalue weighted by Gasteiger charge is -2.33. The summed E-state index contributed by atoms with van der Waals surface area (Å²) in [7, 11) is 1.60. The van der Waals surface area contributed by atoms with Crippen molar-refractivity contribution in [2.24, 2.45) is 0 Å². The molecule has 0 saturated carbocycles. The molecular formula is C27H28N4O5. The first-order valence-electron chi connectivity index (χ1n) is 12.1.